The Labute approximate surface area is 134 Å². The van der Waals surface area contributed by atoms with E-state index in [0.717, 1.165) is 6.41 Å². The lowest BCUT2D eigenvalue weighted by Crippen LogP contribution is -2.48. The number of anilines is 1. The first-order valence-electron chi connectivity index (χ1n) is 7.58. The second-order valence-electron chi connectivity index (χ2n) is 5.77. The summed E-state index contributed by atoms with van der Waals surface area (Å²) in [7, 11) is 1.69. The summed E-state index contributed by atoms with van der Waals surface area (Å²) in [6.45, 7) is 3.82. The van der Waals surface area contributed by atoms with Crippen LogP contribution >= 0.6 is 0 Å². The van der Waals surface area contributed by atoms with Gasteiger partial charge in [0.1, 0.15) is 5.75 Å². The summed E-state index contributed by atoms with van der Waals surface area (Å²) < 4.78 is 5.61. The molecule has 7 nitrogen and oxygen atoms in total. The highest BCUT2D eigenvalue weighted by molar-refractivity contribution is 6.01. The second-order valence-corrected chi connectivity index (χ2v) is 5.77. The number of likely N-dealkylation sites (N-methyl/N-ethyl adjacent to an activating group) is 1. The predicted molar refractivity (Wildman–Crippen MR) is 83.5 cm³/mol. The Morgan fingerprint density at radius 3 is 2.61 bits per heavy atom. The molecule has 0 aliphatic carbocycles. The van der Waals surface area contributed by atoms with E-state index in [1.807, 2.05) is 0 Å². The molecule has 1 aromatic rings. The molecule has 3 rings (SSSR count). The van der Waals surface area contributed by atoms with E-state index in [1.165, 1.54) is 0 Å². The molecule has 0 spiro atoms. The number of nitrogens with zero attached hydrogens (tertiary/aromatic N) is 3. The minimum atomic E-state index is -0.561. The van der Waals surface area contributed by atoms with E-state index >= 15 is 0 Å². The Balaban J connectivity index is 1.79. The maximum Gasteiger partial charge on any atom is 0.267 e. The van der Waals surface area contributed by atoms with Crippen molar-refractivity contribution in [1.82, 2.24) is 9.80 Å². The van der Waals surface area contributed by atoms with Gasteiger partial charge in [0.15, 0.2) is 6.10 Å². The molecule has 0 saturated carbocycles. The molecular formula is C16H19N3O4. The van der Waals surface area contributed by atoms with Crippen molar-refractivity contribution < 1.29 is 19.1 Å². The van der Waals surface area contributed by atoms with Crippen molar-refractivity contribution in [1.29, 1.82) is 0 Å². The van der Waals surface area contributed by atoms with E-state index in [-0.39, 0.29) is 11.8 Å². The van der Waals surface area contributed by atoms with Crippen LogP contribution in [0.3, 0.4) is 0 Å². The van der Waals surface area contributed by atoms with E-state index < -0.39 is 6.10 Å². The number of carbonyl (C=O) groups is 3. The average Bonchev–Trinajstić information content (AvgIpc) is 2.59. The van der Waals surface area contributed by atoms with E-state index in [9.17, 15) is 14.4 Å². The Kier molecular flexibility index (Phi) is 3.94. The van der Waals surface area contributed by atoms with Crippen molar-refractivity contribution in [3.05, 3.63) is 23.8 Å². The lowest BCUT2D eigenvalue weighted by molar-refractivity contribution is -0.125. The minimum Gasteiger partial charge on any atom is -0.479 e. The van der Waals surface area contributed by atoms with E-state index in [1.54, 1.807) is 46.9 Å². The Hall–Kier alpha value is -2.57. The molecule has 2 aliphatic rings. The summed E-state index contributed by atoms with van der Waals surface area (Å²) in [4.78, 5) is 40.1. The van der Waals surface area contributed by atoms with Gasteiger partial charge in [0.25, 0.3) is 11.8 Å². The van der Waals surface area contributed by atoms with Crippen LogP contribution in [0.4, 0.5) is 5.69 Å². The van der Waals surface area contributed by atoms with Crippen molar-refractivity contribution in [2.45, 2.75) is 13.0 Å². The maximum atomic E-state index is 12.6. The topological polar surface area (TPSA) is 70.2 Å². The van der Waals surface area contributed by atoms with Crippen LogP contribution in [0, 0.1) is 0 Å². The molecule has 0 bridgehead atoms. The van der Waals surface area contributed by atoms with Crippen LogP contribution in [0.5, 0.6) is 5.75 Å². The molecule has 0 radical (unpaired) electrons. The number of hydrogen-bond donors (Lipinski definition) is 0. The molecule has 1 saturated heterocycles. The van der Waals surface area contributed by atoms with Crippen LogP contribution in [0.15, 0.2) is 18.2 Å². The zero-order valence-electron chi connectivity index (χ0n) is 13.2. The molecular weight excluding hydrogens is 298 g/mol. The quantitative estimate of drug-likeness (QED) is 0.738. The number of benzene rings is 1. The van der Waals surface area contributed by atoms with Gasteiger partial charge in [0.05, 0.1) is 5.69 Å². The Morgan fingerprint density at radius 2 is 1.96 bits per heavy atom. The van der Waals surface area contributed by atoms with Crippen LogP contribution < -0.4 is 9.64 Å². The fraction of sp³-hybridized carbons (Fsp3) is 0.438. The number of hydrogen-bond acceptors (Lipinski definition) is 4. The lowest BCUT2D eigenvalue weighted by Gasteiger charge is -2.33. The highest BCUT2D eigenvalue weighted by Gasteiger charge is 2.30. The number of fused-ring (bicyclic) bond motifs is 1. The van der Waals surface area contributed by atoms with Crippen molar-refractivity contribution >= 4 is 23.9 Å². The predicted octanol–water partition coefficient (Wildman–Crippen LogP) is 0.344. The molecule has 1 atom stereocenters. The van der Waals surface area contributed by atoms with Crippen molar-refractivity contribution in [3.63, 3.8) is 0 Å². The first kappa shape index (κ1) is 15.3. The zero-order chi connectivity index (χ0) is 16.6. The van der Waals surface area contributed by atoms with Crippen LogP contribution in [-0.4, -0.2) is 67.4 Å². The molecule has 23 heavy (non-hydrogen) atoms. The third-order valence-corrected chi connectivity index (χ3v) is 4.30. The highest BCUT2D eigenvalue weighted by atomic mass is 16.5. The third-order valence-electron chi connectivity index (χ3n) is 4.30. The van der Waals surface area contributed by atoms with Gasteiger partial charge in [-0.15, -0.1) is 0 Å². The largest absolute Gasteiger partial charge is 0.479 e. The number of amides is 3. The fourth-order valence-corrected chi connectivity index (χ4v) is 2.86. The van der Waals surface area contributed by atoms with Gasteiger partial charge < -0.3 is 19.4 Å². The van der Waals surface area contributed by atoms with Crippen molar-refractivity contribution in [3.8, 4) is 5.75 Å². The summed E-state index contributed by atoms with van der Waals surface area (Å²) in [5.41, 5.74) is 1.19. The summed E-state index contributed by atoms with van der Waals surface area (Å²) >= 11 is 0. The number of piperazine rings is 1. The summed E-state index contributed by atoms with van der Waals surface area (Å²) in [6.07, 6.45) is 0.247. The van der Waals surface area contributed by atoms with Gasteiger partial charge in [-0.2, -0.15) is 0 Å². The molecule has 1 unspecified atom stereocenters. The SMILES string of the molecule is CC1Oc2cc(C(=O)N3CCN(C=O)CC3)ccc2N(C)C1=O. The molecule has 1 aromatic carbocycles. The number of ether oxygens (including phenoxy) is 1. The molecule has 122 valence electrons. The van der Waals surface area contributed by atoms with E-state index in [2.05, 4.69) is 0 Å². The van der Waals surface area contributed by atoms with Crippen LogP contribution in [0.25, 0.3) is 0 Å². The van der Waals surface area contributed by atoms with E-state index in [0.29, 0.717) is 43.2 Å². The maximum absolute atomic E-state index is 12.6. The third kappa shape index (κ3) is 2.74. The monoisotopic (exact) mass is 317 g/mol. The first-order valence-corrected chi connectivity index (χ1v) is 7.58. The molecule has 2 aliphatic heterocycles. The molecule has 7 heteroatoms. The highest BCUT2D eigenvalue weighted by Crippen LogP contribution is 2.34. The van der Waals surface area contributed by atoms with Gasteiger partial charge in [-0.25, -0.2) is 0 Å². The van der Waals surface area contributed by atoms with E-state index in [4.69, 9.17) is 4.74 Å². The molecule has 0 N–H and O–H groups in total. The second kappa shape index (κ2) is 5.91. The minimum absolute atomic E-state index is 0.0887. The Morgan fingerprint density at radius 1 is 1.26 bits per heavy atom. The van der Waals surface area contributed by atoms with Gasteiger partial charge in [-0.1, -0.05) is 0 Å². The molecule has 2 heterocycles. The van der Waals surface area contributed by atoms with Gasteiger partial charge >= 0.3 is 0 Å². The number of carbonyl (C=O) groups excluding carboxylic acids is 3. The fourth-order valence-electron chi connectivity index (χ4n) is 2.86. The normalized spacial score (nSPS) is 20.9. The smallest absolute Gasteiger partial charge is 0.267 e. The summed E-state index contributed by atoms with van der Waals surface area (Å²) in [5.74, 6) is 0.340. The lowest BCUT2D eigenvalue weighted by atomic mass is 10.1. The molecule has 1 fully saturated rings. The van der Waals surface area contributed by atoms with Crippen LogP contribution in [0.1, 0.15) is 17.3 Å². The van der Waals surface area contributed by atoms with Gasteiger partial charge in [-0.05, 0) is 25.1 Å². The van der Waals surface area contributed by atoms with Gasteiger partial charge in [0, 0.05) is 38.8 Å². The first-order chi connectivity index (χ1) is 11.0. The van der Waals surface area contributed by atoms with Crippen LogP contribution in [-0.2, 0) is 9.59 Å². The number of rotatable bonds is 2. The zero-order valence-corrected chi connectivity index (χ0v) is 13.2. The van der Waals surface area contributed by atoms with Gasteiger partial charge in [-0.3, -0.25) is 14.4 Å². The molecule has 0 aromatic heterocycles. The molecule has 3 amide bonds. The summed E-state index contributed by atoms with van der Waals surface area (Å²) in [5, 5.41) is 0. The average molecular weight is 317 g/mol. The van der Waals surface area contributed by atoms with Crippen molar-refractivity contribution in [2.24, 2.45) is 0 Å². The van der Waals surface area contributed by atoms with Crippen molar-refractivity contribution in [2.75, 3.05) is 38.1 Å². The Bertz CT molecular complexity index is 653. The standard InChI is InChI=1S/C16H19N3O4/c1-11-15(21)17(2)13-4-3-12(9-14(13)23-11)16(22)19-7-5-18(10-20)6-8-19/h3-4,9-11H,5-8H2,1-2H3. The van der Waals surface area contributed by atoms with Crippen LogP contribution in [0.2, 0.25) is 0 Å². The summed E-state index contributed by atoms with van der Waals surface area (Å²) in [6, 6.07) is 5.12. The van der Waals surface area contributed by atoms with Gasteiger partial charge in [0.2, 0.25) is 6.41 Å².